The molecule has 4 rings (SSSR count). The molecular weight excluding hydrogens is 450 g/mol. The van der Waals surface area contributed by atoms with Gasteiger partial charge in [-0.1, -0.05) is 17.7 Å². The molecule has 2 aromatic carbocycles. The molecule has 1 atom stereocenters. The van der Waals surface area contributed by atoms with Gasteiger partial charge in [-0.3, -0.25) is 0 Å². The fourth-order valence-electron chi connectivity index (χ4n) is 4.93. The highest BCUT2D eigenvalue weighted by atomic mass is 35.5. The minimum atomic E-state index is -3.62. The molecule has 0 aromatic heterocycles. The quantitative estimate of drug-likeness (QED) is 0.585. The molecule has 0 amide bonds. The van der Waals surface area contributed by atoms with Crippen molar-refractivity contribution in [3.8, 4) is 5.75 Å². The molecular formula is C24H28ClNO5S. The first-order valence-corrected chi connectivity index (χ1v) is 13.0. The molecule has 8 heteroatoms. The van der Waals surface area contributed by atoms with Gasteiger partial charge in [0.1, 0.15) is 5.75 Å². The van der Waals surface area contributed by atoms with E-state index in [4.69, 9.17) is 16.3 Å². The SMILES string of the molecule is O=C(O)COc1c2c(cc3c1C(CCNS(=O)(=O)c1ccc(Cl)cc1)CCC3)CCCC2. The Morgan fingerprint density at radius 3 is 2.56 bits per heavy atom. The van der Waals surface area contributed by atoms with E-state index in [1.54, 1.807) is 12.1 Å². The number of carboxylic acid groups (broad SMARTS) is 1. The van der Waals surface area contributed by atoms with E-state index < -0.39 is 16.0 Å². The van der Waals surface area contributed by atoms with E-state index in [1.165, 1.54) is 23.3 Å². The predicted molar refractivity (Wildman–Crippen MR) is 123 cm³/mol. The second-order valence-electron chi connectivity index (χ2n) is 8.54. The molecule has 0 bridgehead atoms. The number of halogens is 1. The molecule has 0 spiro atoms. The smallest absolute Gasteiger partial charge is 0.341 e. The highest BCUT2D eigenvalue weighted by molar-refractivity contribution is 7.89. The predicted octanol–water partition coefficient (Wildman–Crippen LogP) is 4.47. The first-order chi connectivity index (χ1) is 15.3. The lowest BCUT2D eigenvalue weighted by atomic mass is 9.76. The van der Waals surface area contributed by atoms with Gasteiger partial charge in [0.15, 0.2) is 6.61 Å². The molecule has 0 aliphatic heterocycles. The van der Waals surface area contributed by atoms with Gasteiger partial charge < -0.3 is 9.84 Å². The Morgan fingerprint density at radius 2 is 1.81 bits per heavy atom. The van der Waals surface area contributed by atoms with Gasteiger partial charge in [-0.05, 0) is 98.2 Å². The van der Waals surface area contributed by atoms with Crippen LogP contribution in [0.5, 0.6) is 5.75 Å². The third-order valence-electron chi connectivity index (χ3n) is 6.38. The molecule has 0 saturated carbocycles. The largest absolute Gasteiger partial charge is 0.481 e. The van der Waals surface area contributed by atoms with Gasteiger partial charge in [-0.15, -0.1) is 0 Å². The van der Waals surface area contributed by atoms with Crippen molar-refractivity contribution >= 4 is 27.6 Å². The molecule has 0 fully saturated rings. The summed E-state index contributed by atoms with van der Waals surface area (Å²) in [5, 5.41) is 9.68. The van der Waals surface area contributed by atoms with Crippen LogP contribution < -0.4 is 9.46 Å². The van der Waals surface area contributed by atoms with Crippen LogP contribution in [0.25, 0.3) is 0 Å². The molecule has 6 nitrogen and oxygen atoms in total. The van der Waals surface area contributed by atoms with Crippen LogP contribution in [-0.2, 0) is 34.1 Å². The highest BCUT2D eigenvalue weighted by Gasteiger charge is 2.29. The van der Waals surface area contributed by atoms with Gasteiger partial charge in [-0.25, -0.2) is 17.9 Å². The number of nitrogens with one attached hydrogen (secondary N) is 1. The third kappa shape index (κ3) is 5.11. The van der Waals surface area contributed by atoms with Gasteiger partial charge >= 0.3 is 5.97 Å². The van der Waals surface area contributed by atoms with Crippen LogP contribution in [0.4, 0.5) is 0 Å². The summed E-state index contributed by atoms with van der Waals surface area (Å²) >= 11 is 5.86. The second-order valence-corrected chi connectivity index (χ2v) is 10.7. The van der Waals surface area contributed by atoms with Crippen LogP contribution in [0.3, 0.4) is 0 Å². The number of hydrogen-bond acceptors (Lipinski definition) is 4. The summed E-state index contributed by atoms with van der Waals surface area (Å²) in [6.45, 7) is -0.0661. The van der Waals surface area contributed by atoms with E-state index in [2.05, 4.69) is 10.8 Å². The number of aryl methyl sites for hydroxylation is 2. The van der Waals surface area contributed by atoms with Gasteiger partial charge in [0.05, 0.1) is 4.90 Å². The van der Waals surface area contributed by atoms with E-state index in [9.17, 15) is 18.3 Å². The number of rotatable bonds is 8. The average Bonchev–Trinajstić information content (AvgIpc) is 2.77. The topological polar surface area (TPSA) is 92.7 Å². The Hall–Kier alpha value is -2.09. The Balaban J connectivity index is 1.55. The maximum atomic E-state index is 12.6. The summed E-state index contributed by atoms with van der Waals surface area (Å²) in [5.41, 5.74) is 4.73. The van der Waals surface area contributed by atoms with Crippen molar-refractivity contribution in [1.29, 1.82) is 0 Å². The van der Waals surface area contributed by atoms with Crippen molar-refractivity contribution in [3.05, 3.63) is 57.6 Å². The zero-order valence-corrected chi connectivity index (χ0v) is 19.5. The zero-order valence-electron chi connectivity index (χ0n) is 17.9. The highest BCUT2D eigenvalue weighted by Crippen LogP contribution is 2.45. The summed E-state index contributed by atoms with van der Waals surface area (Å²) in [7, 11) is -3.62. The van der Waals surface area contributed by atoms with E-state index in [0.29, 0.717) is 18.0 Å². The zero-order chi connectivity index (χ0) is 22.7. The molecule has 2 aromatic rings. The van der Waals surface area contributed by atoms with Crippen molar-refractivity contribution in [3.63, 3.8) is 0 Å². The van der Waals surface area contributed by atoms with Crippen molar-refractivity contribution < 1.29 is 23.1 Å². The molecule has 32 heavy (non-hydrogen) atoms. The number of benzene rings is 2. The lowest BCUT2D eigenvalue weighted by molar-refractivity contribution is -0.139. The summed E-state index contributed by atoms with van der Waals surface area (Å²) in [6.07, 6.45) is 7.63. The first kappa shape index (κ1) is 23.1. The number of hydrogen-bond donors (Lipinski definition) is 2. The number of aliphatic carboxylic acids is 1. The van der Waals surface area contributed by atoms with Crippen molar-refractivity contribution in [2.45, 2.75) is 62.2 Å². The number of fused-ring (bicyclic) bond motifs is 2. The van der Waals surface area contributed by atoms with Crippen LogP contribution >= 0.6 is 11.6 Å². The van der Waals surface area contributed by atoms with Crippen molar-refractivity contribution in [2.75, 3.05) is 13.2 Å². The standard InChI is InChI=1S/C24H28ClNO5S/c25-19-8-10-20(11-9-19)32(29,30)26-13-12-16-5-3-6-18-14-17-4-1-2-7-21(17)24(23(16)18)31-15-22(27)28/h8-11,14,16,26H,1-7,12-13,15H2,(H,27,28). The maximum Gasteiger partial charge on any atom is 0.341 e. The van der Waals surface area contributed by atoms with E-state index in [-0.39, 0.29) is 17.4 Å². The molecule has 172 valence electrons. The minimum Gasteiger partial charge on any atom is -0.481 e. The van der Waals surface area contributed by atoms with Crippen LogP contribution in [-0.4, -0.2) is 32.6 Å². The lowest BCUT2D eigenvalue weighted by Gasteiger charge is -2.32. The number of sulfonamides is 1. The minimum absolute atomic E-state index is 0.127. The number of carboxylic acids is 1. The molecule has 0 radical (unpaired) electrons. The van der Waals surface area contributed by atoms with Gasteiger partial charge in [0.2, 0.25) is 10.0 Å². The van der Waals surface area contributed by atoms with Crippen LogP contribution in [0.2, 0.25) is 5.02 Å². The van der Waals surface area contributed by atoms with E-state index >= 15 is 0 Å². The summed E-state index contributed by atoms with van der Waals surface area (Å²) < 4.78 is 33.8. The monoisotopic (exact) mass is 477 g/mol. The van der Waals surface area contributed by atoms with E-state index in [1.807, 2.05) is 0 Å². The van der Waals surface area contributed by atoms with Gasteiger partial charge in [0.25, 0.3) is 0 Å². The van der Waals surface area contributed by atoms with Gasteiger partial charge in [-0.2, -0.15) is 0 Å². The van der Waals surface area contributed by atoms with Crippen LogP contribution in [0.15, 0.2) is 35.2 Å². The fourth-order valence-corrected chi connectivity index (χ4v) is 6.11. The normalized spacial score (nSPS) is 18.0. The molecule has 2 aliphatic carbocycles. The maximum absolute atomic E-state index is 12.6. The fraction of sp³-hybridized carbons (Fsp3) is 0.458. The molecule has 1 unspecified atom stereocenters. The Bertz CT molecular complexity index is 1100. The molecule has 2 N–H and O–H groups in total. The number of carbonyl (C=O) groups is 1. The molecule has 0 saturated heterocycles. The van der Waals surface area contributed by atoms with Gasteiger partial charge in [0, 0.05) is 17.1 Å². The Morgan fingerprint density at radius 1 is 1.09 bits per heavy atom. The van der Waals surface area contributed by atoms with Crippen LogP contribution in [0.1, 0.15) is 60.3 Å². The number of ether oxygens (including phenoxy) is 1. The second kappa shape index (κ2) is 9.81. The third-order valence-corrected chi connectivity index (χ3v) is 8.11. The van der Waals surface area contributed by atoms with Crippen molar-refractivity contribution in [2.24, 2.45) is 0 Å². The average molecular weight is 478 g/mol. The molecule has 2 aliphatic rings. The lowest BCUT2D eigenvalue weighted by Crippen LogP contribution is -2.27. The summed E-state index contributed by atoms with van der Waals surface area (Å²) in [6, 6.07) is 8.38. The summed E-state index contributed by atoms with van der Waals surface area (Å²) in [5.74, 6) is -0.122. The van der Waals surface area contributed by atoms with Crippen molar-refractivity contribution in [1.82, 2.24) is 4.72 Å². The van der Waals surface area contributed by atoms with E-state index in [0.717, 1.165) is 61.8 Å². The Labute approximate surface area is 194 Å². The Kier molecular flexibility index (Phi) is 7.08. The molecule has 0 heterocycles. The summed E-state index contributed by atoms with van der Waals surface area (Å²) in [4.78, 5) is 11.4. The van der Waals surface area contributed by atoms with Crippen LogP contribution in [0, 0.1) is 0 Å². The first-order valence-electron chi connectivity index (χ1n) is 11.1.